The Morgan fingerprint density at radius 1 is 1.35 bits per heavy atom. The first kappa shape index (κ1) is 10.4. The molecule has 1 aromatic carbocycles. The van der Waals surface area contributed by atoms with Gasteiger partial charge in [-0.25, -0.2) is 0 Å². The molecular weight excluding hydrogens is 214 g/mol. The van der Waals surface area contributed by atoms with Crippen LogP contribution in [0.3, 0.4) is 0 Å². The summed E-state index contributed by atoms with van der Waals surface area (Å²) in [4.78, 5) is 0. The fourth-order valence-corrected chi connectivity index (χ4v) is 2.39. The summed E-state index contributed by atoms with van der Waals surface area (Å²) in [5.41, 5.74) is 10.5. The maximum atomic E-state index is 6.10. The van der Waals surface area contributed by atoms with E-state index in [2.05, 4.69) is 10.2 Å². The van der Waals surface area contributed by atoms with Gasteiger partial charge in [0, 0.05) is 22.9 Å². The standard InChI is InChI=1S/C13H15N3O/c1-17-9-4-2-8(3-5-9)13-12-10(14)6-7-11(12)15-16-13/h2-5,10H,6-7,14H2,1H3,(H,15,16). The highest BCUT2D eigenvalue weighted by atomic mass is 16.5. The van der Waals surface area contributed by atoms with Crippen molar-refractivity contribution in [2.75, 3.05) is 7.11 Å². The molecule has 1 aliphatic rings. The molecule has 1 heterocycles. The number of methoxy groups -OCH3 is 1. The first-order valence-electron chi connectivity index (χ1n) is 5.76. The summed E-state index contributed by atoms with van der Waals surface area (Å²) in [6.07, 6.45) is 2.01. The highest BCUT2D eigenvalue weighted by molar-refractivity contribution is 5.66. The van der Waals surface area contributed by atoms with Crippen LogP contribution in [0.4, 0.5) is 0 Å². The Morgan fingerprint density at radius 2 is 2.12 bits per heavy atom. The molecular formula is C13H15N3O. The summed E-state index contributed by atoms with van der Waals surface area (Å²) in [6, 6.07) is 8.02. The minimum atomic E-state index is 0.112. The molecule has 2 aromatic rings. The zero-order valence-electron chi connectivity index (χ0n) is 9.73. The van der Waals surface area contributed by atoms with E-state index in [1.165, 1.54) is 11.3 Å². The summed E-state index contributed by atoms with van der Waals surface area (Å²) in [7, 11) is 1.66. The Bertz CT molecular complexity index is 530. The number of rotatable bonds is 2. The number of benzene rings is 1. The third kappa shape index (κ3) is 1.61. The van der Waals surface area contributed by atoms with Gasteiger partial charge in [-0.1, -0.05) is 0 Å². The molecule has 4 nitrogen and oxygen atoms in total. The van der Waals surface area contributed by atoms with Crippen LogP contribution >= 0.6 is 0 Å². The summed E-state index contributed by atoms with van der Waals surface area (Å²) in [5.74, 6) is 0.852. The molecule has 0 saturated heterocycles. The van der Waals surface area contributed by atoms with Crippen molar-refractivity contribution in [2.24, 2.45) is 5.73 Å². The SMILES string of the molecule is COc1ccc(-c2n[nH]c3c2C(N)CC3)cc1. The van der Waals surface area contributed by atoms with Gasteiger partial charge in [-0.05, 0) is 37.1 Å². The van der Waals surface area contributed by atoms with Crippen LogP contribution in [0.15, 0.2) is 24.3 Å². The monoisotopic (exact) mass is 229 g/mol. The number of nitrogens with zero attached hydrogens (tertiary/aromatic N) is 1. The van der Waals surface area contributed by atoms with Gasteiger partial charge in [-0.2, -0.15) is 5.10 Å². The number of ether oxygens (including phenoxy) is 1. The van der Waals surface area contributed by atoms with Gasteiger partial charge in [0.25, 0.3) is 0 Å². The van der Waals surface area contributed by atoms with Crippen molar-refractivity contribution in [2.45, 2.75) is 18.9 Å². The highest BCUT2D eigenvalue weighted by Crippen LogP contribution is 2.35. The van der Waals surface area contributed by atoms with E-state index in [0.29, 0.717) is 0 Å². The second-order valence-electron chi connectivity index (χ2n) is 4.34. The normalized spacial score (nSPS) is 18.1. The van der Waals surface area contributed by atoms with Crippen molar-refractivity contribution in [3.05, 3.63) is 35.5 Å². The van der Waals surface area contributed by atoms with Gasteiger partial charge in [0.15, 0.2) is 0 Å². The van der Waals surface area contributed by atoms with Crippen molar-refractivity contribution in [3.8, 4) is 17.0 Å². The molecule has 3 rings (SSSR count). The molecule has 0 spiro atoms. The lowest BCUT2D eigenvalue weighted by atomic mass is 10.0. The van der Waals surface area contributed by atoms with Crippen molar-refractivity contribution < 1.29 is 4.74 Å². The fraction of sp³-hybridized carbons (Fsp3) is 0.308. The van der Waals surface area contributed by atoms with Crippen molar-refractivity contribution >= 4 is 0 Å². The van der Waals surface area contributed by atoms with E-state index in [1.54, 1.807) is 7.11 Å². The molecule has 1 aromatic heterocycles. The van der Waals surface area contributed by atoms with Gasteiger partial charge in [-0.15, -0.1) is 0 Å². The predicted molar refractivity (Wildman–Crippen MR) is 65.8 cm³/mol. The Hall–Kier alpha value is -1.81. The average molecular weight is 229 g/mol. The number of hydrogen-bond acceptors (Lipinski definition) is 3. The van der Waals surface area contributed by atoms with E-state index < -0.39 is 0 Å². The predicted octanol–water partition coefficient (Wildman–Crippen LogP) is 2.03. The Morgan fingerprint density at radius 3 is 2.82 bits per heavy atom. The van der Waals surface area contributed by atoms with Crippen LogP contribution in [-0.4, -0.2) is 17.3 Å². The molecule has 3 N–H and O–H groups in total. The first-order chi connectivity index (χ1) is 8.29. The number of nitrogens with one attached hydrogen (secondary N) is 1. The summed E-state index contributed by atoms with van der Waals surface area (Å²) in [5, 5.41) is 7.45. The maximum absolute atomic E-state index is 6.10. The number of nitrogens with two attached hydrogens (primary N) is 1. The molecule has 17 heavy (non-hydrogen) atoms. The van der Waals surface area contributed by atoms with Crippen molar-refractivity contribution in [1.82, 2.24) is 10.2 Å². The zero-order chi connectivity index (χ0) is 11.8. The lowest BCUT2D eigenvalue weighted by Crippen LogP contribution is -2.06. The first-order valence-corrected chi connectivity index (χ1v) is 5.76. The summed E-state index contributed by atoms with van der Waals surface area (Å²) < 4.78 is 5.15. The molecule has 0 amide bonds. The van der Waals surface area contributed by atoms with Crippen LogP contribution in [0.2, 0.25) is 0 Å². The third-order valence-electron chi connectivity index (χ3n) is 3.32. The molecule has 1 aliphatic carbocycles. The van der Waals surface area contributed by atoms with E-state index in [9.17, 15) is 0 Å². The number of hydrogen-bond donors (Lipinski definition) is 2. The molecule has 4 heteroatoms. The number of aromatic amines is 1. The van der Waals surface area contributed by atoms with Gasteiger partial charge in [0.1, 0.15) is 5.75 Å². The summed E-state index contributed by atoms with van der Waals surface area (Å²) >= 11 is 0. The quantitative estimate of drug-likeness (QED) is 0.828. The summed E-state index contributed by atoms with van der Waals surface area (Å²) in [6.45, 7) is 0. The lowest BCUT2D eigenvalue weighted by Gasteiger charge is -2.06. The van der Waals surface area contributed by atoms with Gasteiger partial charge in [-0.3, -0.25) is 5.10 Å². The van der Waals surface area contributed by atoms with Crippen LogP contribution in [-0.2, 0) is 6.42 Å². The van der Waals surface area contributed by atoms with E-state index in [1.807, 2.05) is 24.3 Å². The number of fused-ring (bicyclic) bond motifs is 1. The van der Waals surface area contributed by atoms with Crippen molar-refractivity contribution in [1.29, 1.82) is 0 Å². The van der Waals surface area contributed by atoms with Gasteiger partial charge < -0.3 is 10.5 Å². The minimum absolute atomic E-state index is 0.112. The number of H-pyrrole nitrogens is 1. The molecule has 0 radical (unpaired) electrons. The highest BCUT2D eigenvalue weighted by Gasteiger charge is 2.26. The van der Waals surface area contributed by atoms with Crippen molar-refractivity contribution in [3.63, 3.8) is 0 Å². The molecule has 0 bridgehead atoms. The average Bonchev–Trinajstić information content (AvgIpc) is 2.93. The van der Waals surface area contributed by atoms with E-state index in [4.69, 9.17) is 10.5 Å². The largest absolute Gasteiger partial charge is 0.497 e. The Kier molecular flexibility index (Phi) is 2.37. The molecule has 88 valence electrons. The van der Waals surface area contributed by atoms with Gasteiger partial charge in [0.05, 0.1) is 12.8 Å². The fourth-order valence-electron chi connectivity index (χ4n) is 2.39. The van der Waals surface area contributed by atoms with Crippen LogP contribution in [0, 0.1) is 0 Å². The molecule has 1 atom stereocenters. The zero-order valence-corrected chi connectivity index (χ0v) is 9.73. The molecule has 0 aliphatic heterocycles. The van der Waals surface area contributed by atoms with Crippen LogP contribution in [0.1, 0.15) is 23.7 Å². The second kappa shape index (κ2) is 3.89. The number of aryl methyl sites for hydroxylation is 1. The van der Waals surface area contributed by atoms with Crippen LogP contribution in [0.25, 0.3) is 11.3 Å². The smallest absolute Gasteiger partial charge is 0.118 e. The maximum Gasteiger partial charge on any atom is 0.118 e. The topological polar surface area (TPSA) is 63.9 Å². The lowest BCUT2D eigenvalue weighted by molar-refractivity contribution is 0.415. The Labute approximate surface area is 99.8 Å². The molecule has 1 unspecified atom stereocenters. The second-order valence-corrected chi connectivity index (χ2v) is 4.34. The van der Waals surface area contributed by atoms with Crippen LogP contribution in [0.5, 0.6) is 5.75 Å². The van der Waals surface area contributed by atoms with E-state index in [-0.39, 0.29) is 6.04 Å². The van der Waals surface area contributed by atoms with Gasteiger partial charge >= 0.3 is 0 Å². The molecule has 0 fully saturated rings. The number of aromatic nitrogens is 2. The van der Waals surface area contributed by atoms with E-state index >= 15 is 0 Å². The van der Waals surface area contributed by atoms with Crippen LogP contribution < -0.4 is 10.5 Å². The third-order valence-corrected chi connectivity index (χ3v) is 3.32. The minimum Gasteiger partial charge on any atom is -0.497 e. The van der Waals surface area contributed by atoms with E-state index in [0.717, 1.165) is 29.8 Å². The molecule has 0 saturated carbocycles. The Balaban J connectivity index is 2.04. The van der Waals surface area contributed by atoms with Gasteiger partial charge in [0.2, 0.25) is 0 Å².